The number of rotatable bonds is 3. The van der Waals surface area contributed by atoms with Crippen LogP contribution >= 0.6 is 0 Å². The monoisotopic (exact) mass is 274 g/mol. The first-order chi connectivity index (χ1) is 9.72. The van der Waals surface area contributed by atoms with Gasteiger partial charge in [-0.15, -0.1) is 0 Å². The van der Waals surface area contributed by atoms with E-state index < -0.39 is 0 Å². The van der Waals surface area contributed by atoms with Crippen LogP contribution in [0.2, 0.25) is 0 Å². The highest BCUT2D eigenvalue weighted by Gasteiger charge is 2.20. The third-order valence-electron chi connectivity index (χ3n) is 4.44. The van der Waals surface area contributed by atoms with Crippen LogP contribution in [-0.2, 0) is 6.42 Å². The zero-order valence-electron chi connectivity index (χ0n) is 11.7. The van der Waals surface area contributed by atoms with E-state index in [0.29, 0.717) is 5.92 Å². The summed E-state index contributed by atoms with van der Waals surface area (Å²) in [5, 5.41) is 15.8. The molecule has 1 amide bonds. The Morgan fingerprint density at radius 2 is 2.10 bits per heavy atom. The Morgan fingerprint density at radius 3 is 2.90 bits per heavy atom. The molecule has 1 aliphatic carbocycles. The van der Waals surface area contributed by atoms with Crippen LogP contribution in [0, 0.1) is 5.92 Å². The van der Waals surface area contributed by atoms with Crippen molar-refractivity contribution in [1.29, 1.82) is 0 Å². The molecule has 0 saturated heterocycles. The van der Waals surface area contributed by atoms with Crippen molar-refractivity contribution in [3.8, 4) is 0 Å². The smallest absolute Gasteiger partial charge is 0.251 e. The number of amides is 1. The van der Waals surface area contributed by atoms with Gasteiger partial charge in [-0.05, 0) is 61.8 Å². The molecule has 1 saturated carbocycles. The van der Waals surface area contributed by atoms with Crippen LogP contribution in [0.4, 0.5) is 5.69 Å². The number of carbonyl (C=O) groups is 1. The normalized spacial score (nSPS) is 24.9. The van der Waals surface area contributed by atoms with Gasteiger partial charge >= 0.3 is 0 Å². The van der Waals surface area contributed by atoms with Gasteiger partial charge in [-0.2, -0.15) is 0 Å². The van der Waals surface area contributed by atoms with E-state index in [0.717, 1.165) is 56.4 Å². The van der Waals surface area contributed by atoms with Crippen LogP contribution in [0.5, 0.6) is 0 Å². The maximum absolute atomic E-state index is 12.2. The van der Waals surface area contributed by atoms with Gasteiger partial charge in [0.2, 0.25) is 0 Å². The lowest BCUT2D eigenvalue weighted by Gasteiger charge is -2.25. The van der Waals surface area contributed by atoms with Crippen molar-refractivity contribution in [2.75, 3.05) is 18.4 Å². The van der Waals surface area contributed by atoms with Crippen molar-refractivity contribution in [1.82, 2.24) is 5.32 Å². The Labute approximate surface area is 119 Å². The Hall–Kier alpha value is -1.55. The molecule has 1 aromatic rings. The van der Waals surface area contributed by atoms with E-state index in [2.05, 4.69) is 10.6 Å². The summed E-state index contributed by atoms with van der Waals surface area (Å²) < 4.78 is 0. The van der Waals surface area contributed by atoms with Crippen LogP contribution in [0.1, 0.15) is 41.6 Å². The van der Waals surface area contributed by atoms with Gasteiger partial charge in [-0.25, -0.2) is 0 Å². The van der Waals surface area contributed by atoms with E-state index in [9.17, 15) is 9.90 Å². The molecule has 0 unspecified atom stereocenters. The highest BCUT2D eigenvalue weighted by molar-refractivity contribution is 5.95. The SMILES string of the molecule is O=C(NCC1CCC(O)CC1)c1ccc2c(c1)CCN2. The fraction of sp³-hybridized carbons (Fsp3) is 0.562. The quantitative estimate of drug-likeness (QED) is 0.789. The van der Waals surface area contributed by atoms with Gasteiger partial charge in [-0.1, -0.05) is 0 Å². The summed E-state index contributed by atoms with van der Waals surface area (Å²) in [4.78, 5) is 12.2. The summed E-state index contributed by atoms with van der Waals surface area (Å²) >= 11 is 0. The number of aliphatic hydroxyl groups is 1. The zero-order chi connectivity index (χ0) is 13.9. The molecule has 4 heteroatoms. The molecule has 108 valence electrons. The summed E-state index contributed by atoms with van der Waals surface area (Å²) in [7, 11) is 0. The third kappa shape index (κ3) is 2.96. The molecule has 0 spiro atoms. The summed E-state index contributed by atoms with van der Waals surface area (Å²) in [6.45, 7) is 1.69. The van der Waals surface area contributed by atoms with Crippen LogP contribution in [0.25, 0.3) is 0 Å². The molecule has 2 aliphatic rings. The molecule has 1 aromatic carbocycles. The van der Waals surface area contributed by atoms with Crippen molar-refractivity contribution >= 4 is 11.6 Å². The zero-order valence-corrected chi connectivity index (χ0v) is 11.7. The van der Waals surface area contributed by atoms with E-state index in [1.54, 1.807) is 0 Å². The lowest BCUT2D eigenvalue weighted by atomic mass is 9.87. The molecule has 20 heavy (non-hydrogen) atoms. The molecule has 0 aromatic heterocycles. The number of hydrogen-bond donors (Lipinski definition) is 3. The van der Waals surface area contributed by atoms with E-state index in [-0.39, 0.29) is 12.0 Å². The van der Waals surface area contributed by atoms with Gasteiger partial charge in [0.25, 0.3) is 5.91 Å². The summed E-state index contributed by atoms with van der Waals surface area (Å²) in [5.41, 5.74) is 3.14. The second kappa shape index (κ2) is 5.83. The second-order valence-corrected chi connectivity index (χ2v) is 5.93. The number of benzene rings is 1. The summed E-state index contributed by atoms with van der Waals surface area (Å²) in [6.07, 6.45) is 4.62. The van der Waals surface area contributed by atoms with Gasteiger partial charge in [0.05, 0.1) is 6.10 Å². The number of anilines is 1. The van der Waals surface area contributed by atoms with E-state index in [4.69, 9.17) is 0 Å². The van der Waals surface area contributed by atoms with Crippen LogP contribution < -0.4 is 10.6 Å². The first kappa shape index (κ1) is 13.4. The maximum atomic E-state index is 12.2. The number of aliphatic hydroxyl groups excluding tert-OH is 1. The molecule has 1 fully saturated rings. The van der Waals surface area contributed by atoms with Crippen LogP contribution in [0.15, 0.2) is 18.2 Å². The first-order valence-corrected chi connectivity index (χ1v) is 7.55. The molecule has 3 rings (SSSR count). The van der Waals surface area contributed by atoms with Gasteiger partial charge in [0.15, 0.2) is 0 Å². The van der Waals surface area contributed by atoms with E-state index in [1.165, 1.54) is 5.56 Å². The average molecular weight is 274 g/mol. The highest BCUT2D eigenvalue weighted by atomic mass is 16.3. The van der Waals surface area contributed by atoms with Gasteiger partial charge in [0.1, 0.15) is 0 Å². The minimum absolute atomic E-state index is 0.0193. The molecule has 4 nitrogen and oxygen atoms in total. The fourth-order valence-electron chi connectivity index (χ4n) is 3.13. The van der Waals surface area contributed by atoms with Crippen LogP contribution in [0.3, 0.4) is 0 Å². The summed E-state index contributed by atoms with van der Waals surface area (Å²) in [6, 6.07) is 5.88. The lowest BCUT2D eigenvalue weighted by molar-refractivity contribution is 0.0910. The van der Waals surface area contributed by atoms with Gasteiger partial charge < -0.3 is 15.7 Å². The first-order valence-electron chi connectivity index (χ1n) is 7.55. The molecule has 0 atom stereocenters. The number of nitrogens with one attached hydrogen (secondary N) is 2. The second-order valence-electron chi connectivity index (χ2n) is 5.93. The van der Waals surface area contributed by atoms with Crippen molar-refractivity contribution in [3.63, 3.8) is 0 Å². The Balaban J connectivity index is 1.54. The predicted octanol–water partition coefficient (Wildman–Crippen LogP) is 1.94. The van der Waals surface area contributed by atoms with E-state index in [1.807, 2.05) is 18.2 Å². The minimum Gasteiger partial charge on any atom is -0.393 e. The molecule has 1 aliphatic heterocycles. The highest BCUT2D eigenvalue weighted by Crippen LogP contribution is 2.24. The molecular formula is C16H22N2O2. The Bertz CT molecular complexity index is 493. The van der Waals surface area contributed by atoms with Crippen molar-refractivity contribution in [2.45, 2.75) is 38.2 Å². The largest absolute Gasteiger partial charge is 0.393 e. The van der Waals surface area contributed by atoms with Gasteiger partial charge in [0, 0.05) is 24.3 Å². The number of fused-ring (bicyclic) bond motifs is 1. The summed E-state index contributed by atoms with van der Waals surface area (Å²) in [5.74, 6) is 0.532. The topological polar surface area (TPSA) is 61.4 Å². The number of hydrogen-bond acceptors (Lipinski definition) is 3. The molecule has 0 radical (unpaired) electrons. The lowest BCUT2D eigenvalue weighted by Crippen LogP contribution is -2.32. The van der Waals surface area contributed by atoms with Gasteiger partial charge in [-0.3, -0.25) is 4.79 Å². The average Bonchev–Trinajstić information content (AvgIpc) is 2.93. The fourth-order valence-corrected chi connectivity index (χ4v) is 3.13. The standard InChI is InChI=1S/C16H22N2O2/c19-14-4-1-11(2-5-14)10-18-16(20)13-3-6-15-12(9-13)7-8-17-15/h3,6,9,11,14,17,19H,1-2,4-5,7-8,10H2,(H,18,20). The van der Waals surface area contributed by atoms with Crippen molar-refractivity contribution < 1.29 is 9.90 Å². The van der Waals surface area contributed by atoms with E-state index >= 15 is 0 Å². The van der Waals surface area contributed by atoms with Crippen molar-refractivity contribution in [2.24, 2.45) is 5.92 Å². The minimum atomic E-state index is -0.133. The molecular weight excluding hydrogens is 252 g/mol. The number of carbonyl (C=O) groups excluding carboxylic acids is 1. The van der Waals surface area contributed by atoms with Crippen LogP contribution in [-0.4, -0.2) is 30.2 Å². The Kier molecular flexibility index (Phi) is 3.92. The predicted molar refractivity (Wildman–Crippen MR) is 78.9 cm³/mol. The maximum Gasteiger partial charge on any atom is 0.251 e. The Morgan fingerprint density at radius 1 is 1.30 bits per heavy atom. The molecule has 3 N–H and O–H groups in total. The van der Waals surface area contributed by atoms with Crippen molar-refractivity contribution in [3.05, 3.63) is 29.3 Å². The molecule has 0 bridgehead atoms. The third-order valence-corrected chi connectivity index (χ3v) is 4.44. The molecule has 1 heterocycles.